The van der Waals surface area contributed by atoms with Crippen molar-refractivity contribution in [3.8, 4) is 0 Å². The molecular weight excluding hydrogens is 388 g/mol. The van der Waals surface area contributed by atoms with Gasteiger partial charge >= 0.3 is 11.9 Å². The lowest BCUT2D eigenvalue weighted by atomic mass is 9.79. The van der Waals surface area contributed by atoms with E-state index in [1.54, 1.807) is 20.8 Å². The molecule has 2 rings (SSSR count). The fraction of sp³-hybridized carbons (Fsp3) is 0.739. The van der Waals surface area contributed by atoms with E-state index in [1.165, 1.54) is 18.6 Å². The summed E-state index contributed by atoms with van der Waals surface area (Å²) in [6.45, 7) is 12.6. The largest absolute Gasteiger partial charge is 0.453 e. The van der Waals surface area contributed by atoms with Crippen LogP contribution in [0.2, 0.25) is 0 Å². The number of hydrogen-bond donors (Lipinski definition) is 1. The van der Waals surface area contributed by atoms with E-state index in [1.807, 2.05) is 13.8 Å². The van der Waals surface area contributed by atoms with Gasteiger partial charge in [-0.3, -0.25) is 4.79 Å². The second-order valence-corrected chi connectivity index (χ2v) is 9.14. The van der Waals surface area contributed by atoms with Gasteiger partial charge in [-0.2, -0.15) is 0 Å². The van der Waals surface area contributed by atoms with Crippen LogP contribution < -0.4 is 0 Å². The Bertz CT molecular complexity index is 690. The van der Waals surface area contributed by atoms with Crippen LogP contribution in [0.4, 0.5) is 0 Å². The molecule has 0 aromatic heterocycles. The molecule has 0 aromatic carbocycles. The normalized spacial score (nSPS) is 32.1. The van der Waals surface area contributed by atoms with Crippen molar-refractivity contribution in [1.82, 2.24) is 0 Å². The van der Waals surface area contributed by atoms with Gasteiger partial charge in [0.15, 0.2) is 18.5 Å². The topological polar surface area (TPSA) is 91.3 Å². The Kier molecular flexibility index (Phi) is 8.25. The van der Waals surface area contributed by atoms with Crippen LogP contribution in [0, 0.1) is 5.92 Å². The third-order valence-corrected chi connectivity index (χ3v) is 5.76. The number of aliphatic hydroxyl groups excluding tert-OH is 1. The van der Waals surface area contributed by atoms with Crippen molar-refractivity contribution < 1.29 is 33.6 Å². The molecule has 7 nitrogen and oxygen atoms in total. The van der Waals surface area contributed by atoms with Crippen LogP contribution in [-0.4, -0.2) is 53.4 Å². The van der Waals surface area contributed by atoms with Crippen LogP contribution in [0.25, 0.3) is 0 Å². The van der Waals surface area contributed by atoms with Gasteiger partial charge in [-0.1, -0.05) is 17.2 Å². The molecule has 1 N–H and O–H groups in total. The predicted molar refractivity (Wildman–Crippen MR) is 111 cm³/mol. The number of ether oxygens (including phenoxy) is 4. The van der Waals surface area contributed by atoms with Crippen molar-refractivity contribution in [3.63, 3.8) is 0 Å². The summed E-state index contributed by atoms with van der Waals surface area (Å²) in [5.41, 5.74) is 1.56. The minimum absolute atomic E-state index is 0.261. The van der Waals surface area contributed by atoms with E-state index in [0.29, 0.717) is 0 Å². The highest BCUT2D eigenvalue weighted by Gasteiger charge is 2.50. The Labute approximate surface area is 179 Å². The van der Waals surface area contributed by atoms with Gasteiger partial charge in [0.05, 0.1) is 11.7 Å². The smallest absolute Gasteiger partial charge is 0.331 e. The van der Waals surface area contributed by atoms with E-state index in [4.69, 9.17) is 18.9 Å². The quantitative estimate of drug-likeness (QED) is 0.397. The zero-order chi connectivity index (χ0) is 22.6. The summed E-state index contributed by atoms with van der Waals surface area (Å²) in [4.78, 5) is 24.0. The molecule has 0 bridgehead atoms. The summed E-state index contributed by atoms with van der Waals surface area (Å²) in [5, 5.41) is 10.6. The van der Waals surface area contributed by atoms with Gasteiger partial charge in [-0.15, -0.1) is 0 Å². The van der Waals surface area contributed by atoms with Crippen molar-refractivity contribution in [3.05, 3.63) is 23.3 Å². The zero-order valence-electron chi connectivity index (χ0n) is 19.1. The number of esters is 2. The SMILES string of the molecule is CC(=O)O[C@H]1[C@H](OC(C)(C)[C@H]2CC=C(C)CC2)O[C@H](C)[C@H](O)[C@@H]1OC(=O)C=C(C)C. The maximum Gasteiger partial charge on any atom is 0.331 e. The van der Waals surface area contributed by atoms with E-state index in [0.717, 1.165) is 24.8 Å². The fourth-order valence-corrected chi connectivity index (χ4v) is 3.93. The lowest BCUT2D eigenvalue weighted by Crippen LogP contribution is -2.61. The first kappa shape index (κ1) is 24.6. The summed E-state index contributed by atoms with van der Waals surface area (Å²) in [5.74, 6) is -0.927. The van der Waals surface area contributed by atoms with Gasteiger partial charge in [0, 0.05) is 13.0 Å². The first-order valence-electron chi connectivity index (χ1n) is 10.6. The third kappa shape index (κ3) is 6.40. The molecule has 30 heavy (non-hydrogen) atoms. The molecule has 0 aromatic rings. The monoisotopic (exact) mass is 424 g/mol. The standard InChI is InChI=1S/C23H36O7/c1-13(2)12-18(25)29-20-19(26)15(4)27-22(21(20)28-16(5)24)30-23(6,7)17-10-8-14(3)9-11-17/h8,12,15,17,19-22,26H,9-11H2,1-7H3/t15-,17+,19+,20+,21-,22+/m1/s1. The van der Waals surface area contributed by atoms with Crippen molar-refractivity contribution in [2.75, 3.05) is 0 Å². The fourth-order valence-electron chi connectivity index (χ4n) is 3.93. The van der Waals surface area contributed by atoms with Crippen molar-refractivity contribution in [2.24, 2.45) is 5.92 Å². The van der Waals surface area contributed by atoms with E-state index in [9.17, 15) is 14.7 Å². The van der Waals surface area contributed by atoms with Crippen LogP contribution in [0.1, 0.15) is 67.7 Å². The van der Waals surface area contributed by atoms with Gasteiger partial charge in [-0.25, -0.2) is 4.79 Å². The first-order valence-corrected chi connectivity index (χ1v) is 10.6. The first-order chi connectivity index (χ1) is 13.9. The highest BCUT2D eigenvalue weighted by Crippen LogP contribution is 2.37. The van der Waals surface area contributed by atoms with Crippen LogP contribution in [0.3, 0.4) is 0 Å². The molecule has 0 saturated carbocycles. The van der Waals surface area contributed by atoms with Gasteiger partial charge < -0.3 is 24.1 Å². The Morgan fingerprint density at radius 1 is 1.20 bits per heavy atom. The molecule has 6 atom stereocenters. The molecule has 7 heteroatoms. The van der Waals surface area contributed by atoms with Crippen molar-refractivity contribution >= 4 is 11.9 Å². The molecule has 1 fully saturated rings. The average molecular weight is 425 g/mol. The lowest BCUT2D eigenvalue weighted by Gasteiger charge is -2.46. The Hall–Kier alpha value is -1.70. The van der Waals surface area contributed by atoms with E-state index >= 15 is 0 Å². The summed E-state index contributed by atoms with van der Waals surface area (Å²) >= 11 is 0. The van der Waals surface area contributed by atoms with Gasteiger partial charge in [-0.05, 0) is 66.7 Å². The van der Waals surface area contributed by atoms with E-state index in [-0.39, 0.29) is 5.92 Å². The molecule has 1 saturated heterocycles. The molecule has 1 heterocycles. The third-order valence-electron chi connectivity index (χ3n) is 5.76. The molecule has 2 aliphatic rings. The zero-order valence-corrected chi connectivity index (χ0v) is 19.1. The molecular formula is C23H36O7. The maximum absolute atomic E-state index is 12.2. The molecule has 0 spiro atoms. The van der Waals surface area contributed by atoms with Crippen LogP contribution in [0.5, 0.6) is 0 Å². The number of allylic oxidation sites excluding steroid dienone is 3. The minimum atomic E-state index is -1.16. The van der Waals surface area contributed by atoms with Crippen molar-refractivity contribution in [2.45, 2.75) is 104 Å². The van der Waals surface area contributed by atoms with Gasteiger partial charge in [0.2, 0.25) is 0 Å². The Balaban J connectivity index is 2.25. The van der Waals surface area contributed by atoms with E-state index < -0.39 is 48.2 Å². The number of rotatable bonds is 6. The summed E-state index contributed by atoms with van der Waals surface area (Å²) in [6.07, 6.45) is 1.45. The molecule has 170 valence electrons. The Morgan fingerprint density at radius 2 is 1.87 bits per heavy atom. The highest BCUT2D eigenvalue weighted by molar-refractivity contribution is 5.82. The number of hydrogen-bond acceptors (Lipinski definition) is 7. The molecule has 0 amide bonds. The summed E-state index contributed by atoms with van der Waals surface area (Å²) in [6, 6.07) is 0. The van der Waals surface area contributed by atoms with Gasteiger partial charge in [0.1, 0.15) is 6.10 Å². The number of carbonyl (C=O) groups excluding carboxylic acids is 2. The molecule has 1 aliphatic heterocycles. The minimum Gasteiger partial charge on any atom is -0.453 e. The Morgan fingerprint density at radius 3 is 2.40 bits per heavy atom. The second kappa shape index (κ2) is 10.1. The molecule has 0 radical (unpaired) electrons. The highest BCUT2D eigenvalue weighted by atomic mass is 16.7. The van der Waals surface area contributed by atoms with Crippen molar-refractivity contribution in [1.29, 1.82) is 0 Å². The number of aliphatic hydroxyl groups is 1. The van der Waals surface area contributed by atoms with Gasteiger partial charge in [0.25, 0.3) is 0 Å². The second-order valence-electron chi connectivity index (χ2n) is 9.14. The maximum atomic E-state index is 12.2. The molecule has 0 unspecified atom stereocenters. The lowest BCUT2D eigenvalue weighted by molar-refractivity contribution is -0.325. The summed E-state index contributed by atoms with van der Waals surface area (Å²) in [7, 11) is 0. The average Bonchev–Trinajstić information content (AvgIpc) is 2.61. The van der Waals surface area contributed by atoms with E-state index in [2.05, 4.69) is 13.0 Å². The van der Waals surface area contributed by atoms with Crippen LogP contribution in [-0.2, 0) is 28.5 Å². The van der Waals surface area contributed by atoms with Crippen LogP contribution >= 0.6 is 0 Å². The van der Waals surface area contributed by atoms with Crippen LogP contribution in [0.15, 0.2) is 23.3 Å². The number of carbonyl (C=O) groups is 2. The molecule has 1 aliphatic carbocycles. The summed E-state index contributed by atoms with van der Waals surface area (Å²) < 4.78 is 23.1. The predicted octanol–water partition coefficient (Wildman–Crippen LogP) is 3.44.